The van der Waals surface area contributed by atoms with Crippen LogP contribution in [0.15, 0.2) is 115 Å². The molecule has 0 spiro atoms. The van der Waals surface area contributed by atoms with Crippen LogP contribution in [0.1, 0.15) is 34.9 Å². The first kappa shape index (κ1) is 24.3. The number of allylic oxidation sites excluding steroid dienone is 1. The van der Waals surface area contributed by atoms with E-state index in [2.05, 4.69) is 22.1 Å². The van der Waals surface area contributed by atoms with E-state index in [4.69, 9.17) is 9.41 Å². The number of hydrogen-bond donors (Lipinski definition) is 1. The lowest BCUT2D eigenvalue weighted by atomic mass is 9.83. The summed E-state index contributed by atoms with van der Waals surface area (Å²) in [5.74, 6) is 0.264. The molecule has 6 aromatic rings. The Labute approximate surface area is 241 Å². The first-order valence-electron chi connectivity index (χ1n) is 13.2. The Hall–Kier alpha value is -4.47. The predicted octanol–water partition coefficient (Wildman–Crippen LogP) is 6.08. The molecule has 0 radical (unpaired) electrons. The molecule has 3 aromatic carbocycles. The fourth-order valence-corrected chi connectivity index (χ4v) is 7.39. The zero-order valence-corrected chi connectivity index (χ0v) is 23.1. The molecule has 0 saturated heterocycles. The SMILES string of the molecule is O=c1/c(=C/c2ccc(Sc3nc4ccccc4[nH]3)o2)sc2n1[C@@H](c1ccc(F)cc1)C1=C(N=2)c2ccccc2CC1. The second-order valence-corrected chi connectivity index (χ2v) is 12.0. The highest BCUT2D eigenvalue weighted by atomic mass is 32.2. The minimum atomic E-state index is -0.354. The predicted molar refractivity (Wildman–Crippen MR) is 158 cm³/mol. The lowest BCUT2D eigenvalue weighted by Gasteiger charge is -2.30. The van der Waals surface area contributed by atoms with Gasteiger partial charge in [-0.3, -0.25) is 9.36 Å². The van der Waals surface area contributed by atoms with Crippen LogP contribution in [0.5, 0.6) is 0 Å². The van der Waals surface area contributed by atoms with Crippen LogP contribution >= 0.6 is 23.1 Å². The van der Waals surface area contributed by atoms with Crippen LogP contribution in [0, 0.1) is 5.82 Å². The molecule has 1 N–H and O–H groups in total. The summed E-state index contributed by atoms with van der Waals surface area (Å²) in [7, 11) is 0. The van der Waals surface area contributed by atoms with E-state index >= 15 is 0 Å². The van der Waals surface area contributed by atoms with Gasteiger partial charge < -0.3 is 9.40 Å². The number of aryl methyl sites for hydroxylation is 1. The van der Waals surface area contributed by atoms with Gasteiger partial charge in [-0.1, -0.05) is 59.9 Å². The van der Waals surface area contributed by atoms with Crippen molar-refractivity contribution in [2.45, 2.75) is 29.1 Å². The Morgan fingerprint density at radius 2 is 1.83 bits per heavy atom. The normalized spacial score (nSPS) is 16.4. The van der Waals surface area contributed by atoms with Crippen molar-refractivity contribution in [3.63, 3.8) is 0 Å². The monoisotopic (exact) mass is 576 g/mol. The number of furan rings is 1. The van der Waals surface area contributed by atoms with Gasteiger partial charge >= 0.3 is 0 Å². The summed E-state index contributed by atoms with van der Waals surface area (Å²) < 4.78 is 22.2. The van der Waals surface area contributed by atoms with Crippen molar-refractivity contribution in [1.29, 1.82) is 0 Å². The van der Waals surface area contributed by atoms with Crippen molar-refractivity contribution in [2.24, 2.45) is 4.99 Å². The van der Waals surface area contributed by atoms with E-state index in [0.29, 0.717) is 20.2 Å². The second-order valence-electron chi connectivity index (χ2n) is 9.98. The van der Waals surface area contributed by atoms with E-state index in [-0.39, 0.29) is 17.4 Å². The summed E-state index contributed by atoms with van der Waals surface area (Å²) in [6.07, 6.45) is 3.41. The maximum atomic E-state index is 13.9. The van der Waals surface area contributed by atoms with Gasteiger partial charge in [0.15, 0.2) is 15.1 Å². The molecule has 41 heavy (non-hydrogen) atoms. The summed E-state index contributed by atoms with van der Waals surface area (Å²) >= 11 is 2.73. The molecular weight excluding hydrogens is 556 g/mol. The van der Waals surface area contributed by atoms with E-state index in [0.717, 1.165) is 51.4 Å². The molecule has 9 heteroatoms. The van der Waals surface area contributed by atoms with Crippen molar-refractivity contribution in [3.05, 3.63) is 138 Å². The number of H-pyrrole nitrogens is 1. The fraction of sp³-hybridized carbons (Fsp3) is 0.0938. The standard InChI is InChI=1S/C32H21FN4O2S2/c33-20-12-9-19(10-13-20)29-23-15-11-18-5-1-2-6-22(18)28(23)36-32-37(29)30(38)26(40-32)17-21-14-16-27(39-21)41-31-34-24-7-3-4-8-25(24)35-31/h1-10,12-14,16-17,29H,11,15H2,(H,34,35)/b26-17-/t29-/m0/s1. The first-order chi connectivity index (χ1) is 20.1. The number of imidazole rings is 1. The van der Waals surface area contributed by atoms with Gasteiger partial charge in [-0.2, -0.15) is 0 Å². The number of thiazole rings is 1. The van der Waals surface area contributed by atoms with Gasteiger partial charge in [0.05, 0.1) is 27.3 Å². The number of nitrogens with one attached hydrogen (secondary N) is 1. The Balaban J connectivity index is 1.22. The van der Waals surface area contributed by atoms with Crippen molar-refractivity contribution >= 4 is 45.9 Å². The molecule has 6 nitrogen and oxygen atoms in total. The van der Waals surface area contributed by atoms with Gasteiger partial charge in [-0.25, -0.2) is 14.4 Å². The van der Waals surface area contributed by atoms with Gasteiger partial charge in [0, 0.05) is 11.6 Å². The molecule has 0 bridgehead atoms. The highest BCUT2D eigenvalue weighted by molar-refractivity contribution is 7.99. The Morgan fingerprint density at radius 3 is 2.71 bits per heavy atom. The Kier molecular flexibility index (Phi) is 5.68. The number of halogens is 1. The molecule has 0 fully saturated rings. The zero-order valence-electron chi connectivity index (χ0n) is 21.5. The van der Waals surface area contributed by atoms with Gasteiger partial charge in [0.1, 0.15) is 11.6 Å². The van der Waals surface area contributed by atoms with E-state index in [1.807, 2.05) is 48.5 Å². The molecule has 2 aliphatic rings. The van der Waals surface area contributed by atoms with Crippen LogP contribution in [0.2, 0.25) is 0 Å². The number of aromatic amines is 1. The average Bonchev–Trinajstić information content (AvgIpc) is 3.70. The summed E-state index contributed by atoms with van der Waals surface area (Å²) in [6, 6.07) is 25.9. The highest BCUT2D eigenvalue weighted by Gasteiger charge is 2.32. The fourth-order valence-electron chi connectivity index (χ4n) is 5.64. The quantitative estimate of drug-likeness (QED) is 0.276. The lowest BCUT2D eigenvalue weighted by Crippen LogP contribution is -2.38. The van der Waals surface area contributed by atoms with Crippen LogP contribution in [0.3, 0.4) is 0 Å². The third-order valence-electron chi connectivity index (χ3n) is 7.50. The number of nitrogens with zero attached hydrogens (tertiary/aromatic N) is 3. The van der Waals surface area contributed by atoms with E-state index in [1.54, 1.807) is 22.8 Å². The molecule has 200 valence electrons. The minimum Gasteiger partial charge on any atom is -0.450 e. The van der Waals surface area contributed by atoms with E-state index in [1.165, 1.54) is 40.8 Å². The maximum absolute atomic E-state index is 13.9. The second kappa shape index (κ2) is 9.57. The number of fused-ring (bicyclic) bond motifs is 4. The smallest absolute Gasteiger partial charge is 0.271 e. The minimum absolute atomic E-state index is 0.142. The highest BCUT2D eigenvalue weighted by Crippen LogP contribution is 2.41. The van der Waals surface area contributed by atoms with Gasteiger partial charge in [-0.05, 0) is 77.7 Å². The molecular formula is C32H21FN4O2S2. The van der Waals surface area contributed by atoms with Crippen LogP contribution in [-0.2, 0) is 6.42 Å². The van der Waals surface area contributed by atoms with Crippen LogP contribution in [0.25, 0.3) is 22.8 Å². The summed E-state index contributed by atoms with van der Waals surface area (Å²) in [5.41, 5.74) is 6.91. The third-order valence-corrected chi connectivity index (χ3v) is 9.29. The number of benzene rings is 3. The first-order valence-corrected chi connectivity index (χ1v) is 14.8. The topological polar surface area (TPSA) is 76.2 Å². The molecule has 1 atom stereocenters. The van der Waals surface area contributed by atoms with Crippen LogP contribution < -0.4 is 14.9 Å². The number of rotatable bonds is 4. The molecule has 0 amide bonds. The molecule has 8 rings (SSSR count). The van der Waals surface area contributed by atoms with Crippen molar-refractivity contribution in [1.82, 2.24) is 14.5 Å². The Morgan fingerprint density at radius 1 is 1.00 bits per heavy atom. The number of para-hydroxylation sites is 2. The van der Waals surface area contributed by atoms with Crippen molar-refractivity contribution < 1.29 is 8.81 Å². The van der Waals surface area contributed by atoms with E-state index in [9.17, 15) is 9.18 Å². The zero-order chi connectivity index (χ0) is 27.5. The molecule has 0 saturated carbocycles. The van der Waals surface area contributed by atoms with Crippen LogP contribution in [0.4, 0.5) is 4.39 Å². The third kappa shape index (κ3) is 4.20. The Bertz CT molecular complexity index is 2150. The van der Waals surface area contributed by atoms with Gasteiger partial charge in [0.25, 0.3) is 5.56 Å². The molecule has 1 aliphatic heterocycles. The number of aromatic nitrogens is 3. The molecule has 0 unspecified atom stereocenters. The average molecular weight is 577 g/mol. The summed E-state index contributed by atoms with van der Waals surface area (Å²) in [6.45, 7) is 0. The van der Waals surface area contributed by atoms with Gasteiger partial charge in [0.2, 0.25) is 0 Å². The summed E-state index contributed by atoms with van der Waals surface area (Å²) in [4.78, 5) is 27.4. The molecule has 4 heterocycles. The van der Waals surface area contributed by atoms with Crippen molar-refractivity contribution in [3.8, 4) is 0 Å². The number of hydrogen-bond acceptors (Lipinski definition) is 6. The largest absolute Gasteiger partial charge is 0.450 e. The lowest BCUT2D eigenvalue weighted by molar-refractivity contribution is 0.466. The van der Waals surface area contributed by atoms with E-state index < -0.39 is 0 Å². The maximum Gasteiger partial charge on any atom is 0.271 e. The molecule has 1 aliphatic carbocycles. The van der Waals surface area contributed by atoms with Crippen molar-refractivity contribution in [2.75, 3.05) is 0 Å². The van der Waals surface area contributed by atoms with Gasteiger partial charge in [-0.15, -0.1) is 0 Å². The summed E-state index contributed by atoms with van der Waals surface area (Å²) in [5, 5.41) is 1.40. The van der Waals surface area contributed by atoms with Crippen LogP contribution in [-0.4, -0.2) is 14.5 Å². The molecule has 3 aromatic heterocycles.